The zero-order valence-corrected chi connectivity index (χ0v) is 14.1. The minimum atomic E-state index is -0.975. The lowest BCUT2D eigenvalue weighted by molar-refractivity contribution is -0.145. The molecule has 0 saturated carbocycles. The van der Waals surface area contributed by atoms with E-state index in [-0.39, 0.29) is 12.4 Å². The van der Waals surface area contributed by atoms with E-state index < -0.39 is 23.7 Å². The van der Waals surface area contributed by atoms with Crippen LogP contribution < -0.4 is 0 Å². The summed E-state index contributed by atoms with van der Waals surface area (Å²) < 4.78 is 5.28. The Morgan fingerprint density at radius 2 is 1.90 bits per heavy atom. The molecule has 1 saturated heterocycles. The van der Waals surface area contributed by atoms with Gasteiger partial charge in [-0.1, -0.05) is 13.3 Å². The highest BCUT2D eigenvalue weighted by Crippen LogP contribution is 2.16. The molecule has 1 aliphatic rings. The third-order valence-corrected chi connectivity index (χ3v) is 3.21. The Bertz CT molecular complexity index is 357. The van der Waals surface area contributed by atoms with Gasteiger partial charge in [-0.2, -0.15) is 0 Å². The van der Waals surface area contributed by atoms with E-state index >= 15 is 0 Å². The number of rotatable bonds is 4. The molecule has 0 spiro atoms. The van der Waals surface area contributed by atoms with E-state index in [2.05, 4.69) is 11.8 Å². The molecule has 0 aromatic heterocycles. The quantitative estimate of drug-likeness (QED) is 0.859. The maximum absolute atomic E-state index is 12.1. The maximum Gasteiger partial charge on any atom is 0.411 e. The molecule has 6 nitrogen and oxygen atoms in total. The van der Waals surface area contributed by atoms with Crippen LogP contribution >= 0.6 is 12.4 Å². The number of halogens is 1. The summed E-state index contributed by atoms with van der Waals surface area (Å²) in [5.41, 5.74) is -0.612. The molecule has 1 unspecified atom stereocenters. The molecule has 124 valence electrons. The Kier molecular flexibility index (Phi) is 8.03. The van der Waals surface area contributed by atoms with Gasteiger partial charge in [0.2, 0.25) is 0 Å². The third-order valence-electron chi connectivity index (χ3n) is 3.21. The van der Waals surface area contributed by atoms with Gasteiger partial charge in [0.25, 0.3) is 0 Å². The maximum atomic E-state index is 12.1. The van der Waals surface area contributed by atoms with Gasteiger partial charge in [0.1, 0.15) is 11.6 Å². The van der Waals surface area contributed by atoms with Gasteiger partial charge in [-0.25, -0.2) is 9.59 Å². The highest BCUT2D eigenvalue weighted by Gasteiger charge is 2.37. The summed E-state index contributed by atoms with van der Waals surface area (Å²) in [6, 6.07) is -0.824. The summed E-state index contributed by atoms with van der Waals surface area (Å²) >= 11 is 0. The van der Waals surface area contributed by atoms with Gasteiger partial charge < -0.3 is 9.84 Å². The van der Waals surface area contributed by atoms with Crippen molar-refractivity contribution in [3.05, 3.63) is 0 Å². The van der Waals surface area contributed by atoms with Crippen LogP contribution in [0.4, 0.5) is 4.79 Å². The van der Waals surface area contributed by atoms with Crippen molar-refractivity contribution in [1.29, 1.82) is 0 Å². The van der Waals surface area contributed by atoms with E-state index in [0.29, 0.717) is 19.6 Å². The molecular formula is C14H27ClN2O4. The van der Waals surface area contributed by atoms with Crippen LogP contribution in [0.1, 0.15) is 40.5 Å². The number of carboxylic acids is 1. The average molecular weight is 323 g/mol. The van der Waals surface area contributed by atoms with E-state index in [1.54, 1.807) is 20.8 Å². The first kappa shape index (κ1) is 20.0. The van der Waals surface area contributed by atoms with E-state index in [9.17, 15) is 14.7 Å². The standard InChI is InChI=1S/C14H26N2O4.ClH/c1-5-6-7-15-8-9-16(11(10-15)12(17)18)13(19)20-14(2,3)4;/h11H,5-10H2,1-4H3,(H,17,18);1H. The van der Waals surface area contributed by atoms with Crippen LogP contribution in [0.25, 0.3) is 0 Å². The van der Waals surface area contributed by atoms with Crippen molar-refractivity contribution >= 4 is 24.5 Å². The number of carbonyl (C=O) groups excluding carboxylic acids is 1. The Labute approximate surface area is 132 Å². The third kappa shape index (κ3) is 6.52. The predicted octanol–water partition coefficient (Wildman–Crippen LogP) is 2.21. The largest absolute Gasteiger partial charge is 0.480 e. The lowest BCUT2D eigenvalue weighted by atomic mass is 10.1. The summed E-state index contributed by atoms with van der Waals surface area (Å²) in [4.78, 5) is 26.9. The molecule has 0 radical (unpaired) electrons. The normalized spacial score (nSPS) is 19.8. The molecule has 1 rings (SSSR count). The second-order valence-corrected chi connectivity index (χ2v) is 6.18. The molecule has 1 fully saturated rings. The van der Waals surface area contributed by atoms with E-state index in [1.165, 1.54) is 4.90 Å². The van der Waals surface area contributed by atoms with Crippen molar-refractivity contribution in [3.8, 4) is 0 Å². The van der Waals surface area contributed by atoms with Gasteiger partial charge >= 0.3 is 12.1 Å². The van der Waals surface area contributed by atoms with E-state index in [1.807, 2.05) is 0 Å². The molecule has 0 aromatic rings. The van der Waals surface area contributed by atoms with Gasteiger partial charge in [0.05, 0.1) is 0 Å². The molecule has 1 heterocycles. The summed E-state index contributed by atoms with van der Waals surface area (Å²) in [5.74, 6) is -0.975. The topological polar surface area (TPSA) is 70.1 Å². The molecule has 0 aromatic carbocycles. The Morgan fingerprint density at radius 1 is 1.29 bits per heavy atom. The number of unbranched alkanes of at least 4 members (excludes halogenated alkanes) is 1. The van der Waals surface area contributed by atoms with Crippen molar-refractivity contribution in [3.63, 3.8) is 0 Å². The predicted molar refractivity (Wildman–Crippen MR) is 83.0 cm³/mol. The van der Waals surface area contributed by atoms with Crippen molar-refractivity contribution in [2.45, 2.75) is 52.2 Å². The molecule has 1 atom stereocenters. The number of amides is 1. The summed E-state index contributed by atoms with van der Waals surface area (Å²) in [7, 11) is 0. The number of hydrogen-bond donors (Lipinski definition) is 1. The second kappa shape index (κ2) is 8.44. The number of carbonyl (C=O) groups is 2. The fraction of sp³-hybridized carbons (Fsp3) is 0.857. The Hall–Kier alpha value is -1.01. The monoisotopic (exact) mass is 322 g/mol. The van der Waals surface area contributed by atoms with Gasteiger partial charge in [0.15, 0.2) is 0 Å². The number of nitrogens with zero attached hydrogens (tertiary/aromatic N) is 2. The summed E-state index contributed by atoms with van der Waals surface area (Å²) in [6.07, 6.45) is 1.57. The molecule has 0 aliphatic carbocycles. The molecule has 0 bridgehead atoms. The number of piperazine rings is 1. The van der Waals surface area contributed by atoms with Gasteiger partial charge in [-0.15, -0.1) is 12.4 Å². The van der Waals surface area contributed by atoms with E-state index in [4.69, 9.17) is 4.74 Å². The SMILES string of the molecule is CCCCN1CCN(C(=O)OC(C)(C)C)C(C(=O)O)C1.Cl. The fourth-order valence-electron chi connectivity index (χ4n) is 2.17. The Morgan fingerprint density at radius 3 is 2.38 bits per heavy atom. The molecule has 1 N–H and O–H groups in total. The Balaban J connectivity index is 0.00000400. The van der Waals surface area contributed by atoms with Crippen LogP contribution in [0.15, 0.2) is 0 Å². The van der Waals surface area contributed by atoms with Crippen LogP contribution in [0, 0.1) is 0 Å². The molecule has 21 heavy (non-hydrogen) atoms. The lowest BCUT2D eigenvalue weighted by Gasteiger charge is -2.39. The molecule has 7 heteroatoms. The molecular weight excluding hydrogens is 296 g/mol. The minimum absolute atomic E-state index is 0. The summed E-state index contributed by atoms with van der Waals surface area (Å²) in [5, 5.41) is 9.32. The first-order valence-corrected chi connectivity index (χ1v) is 7.19. The van der Waals surface area contributed by atoms with Gasteiger partial charge in [0, 0.05) is 19.6 Å². The zero-order valence-electron chi connectivity index (χ0n) is 13.3. The van der Waals surface area contributed by atoms with Crippen LogP contribution in [0.3, 0.4) is 0 Å². The first-order valence-electron chi connectivity index (χ1n) is 7.19. The van der Waals surface area contributed by atoms with Crippen molar-refractivity contribution in [2.75, 3.05) is 26.2 Å². The van der Waals surface area contributed by atoms with Crippen LogP contribution in [0.5, 0.6) is 0 Å². The van der Waals surface area contributed by atoms with E-state index in [0.717, 1.165) is 19.4 Å². The number of hydrogen-bond acceptors (Lipinski definition) is 4. The van der Waals surface area contributed by atoms with Crippen molar-refractivity contribution in [1.82, 2.24) is 9.80 Å². The highest BCUT2D eigenvalue weighted by molar-refractivity contribution is 5.85. The van der Waals surface area contributed by atoms with Gasteiger partial charge in [-0.3, -0.25) is 9.80 Å². The summed E-state index contributed by atoms with van der Waals surface area (Å²) in [6.45, 7) is 9.77. The average Bonchev–Trinajstić information content (AvgIpc) is 2.33. The number of ether oxygens (including phenoxy) is 1. The zero-order chi connectivity index (χ0) is 15.3. The minimum Gasteiger partial charge on any atom is -0.480 e. The van der Waals surface area contributed by atoms with Crippen LogP contribution in [0.2, 0.25) is 0 Å². The fourth-order valence-corrected chi connectivity index (χ4v) is 2.17. The second-order valence-electron chi connectivity index (χ2n) is 6.18. The highest BCUT2D eigenvalue weighted by atomic mass is 35.5. The van der Waals surface area contributed by atoms with Crippen molar-refractivity contribution in [2.24, 2.45) is 0 Å². The van der Waals surface area contributed by atoms with Crippen LogP contribution in [-0.2, 0) is 9.53 Å². The smallest absolute Gasteiger partial charge is 0.411 e. The molecule has 1 aliphatic heterocycles. The van der Waals surface area contributed by atoms with Crippen LogP contribution in [-0.4, -0.2) is 64.8 Å². The number of carboxylic acid groups (broad SMARTS) is 1. The van der Waals surface area contributed by atoms with Gasteiger partial charge in [-0.05, 0) is 33.7 Å². The van der Waals surface area contributed by atoms with Crippen molar-refractivity contribution < 1.29 is 19.4 Å². The first-order chi connectivity index (χ1) is 9.24. The number of aliphatic carboxylic acids is 1. The lowest BCUT2D eigenvalue weighted by Crippen LogP contribution is -2.59. The molecule has 1 amide bonds.